The molecule has 0 heterocycles. The quantitative estimate of drug-likeness (QED) is 0.490. The van der Waals surface area contributed by atoms with Gasteiger partial charge in [0.1, 0.15) is 0 Å². The Labute approximate surface area is 135 Å². The number of rotatable bonds is 5. The van der Waals surface area contributed by atoms with E-state index in [1.165, 1.54) is 42.1 Å². The van der Waals surface area contributed by atoms with Crippen LogP contribution in [0.15, 0.2) is 28.7 Å². The molecule has 18 heavy (non-hydrogen) atoms. The van der Waals surface area contributed by atoms with Gasteiger partial charge in [0.05, 0.1) is 0 Å². The van der Waals surface area contributed by atoms with Gasteiger partial charge in [0.15, 0.2) is 0 Å². The van der Waals surface area contributed by atoms with Crippen molar-refractivity contribution >= 4 is 47.8 Å². The van der Waals surface area contributed by atoms with Crippen LogP contribution in [0.25, 0.3) is 0 Å². The van der Waals surface area contributed by atoms with Crippen LogP contribution >= 0.6 is 47.8 Å². The van der Waals surface area contributed by atoms with E-state index in [2.05, 4.69) is 72.1 Å². The maximum atomic E-state index is 3.76. The fourth-order valence-electron chi connectivity index (χ4n) is 3.06. The predicted molar refractivity (Wildman–Crippen MR) is 90.0 cm³/mol. The van der Waals surface area contributed by atoms with Gasteiger partial charge in [-0.1, -0.05) is 91.7 Å². The van der Waals surface area contributed by atoms with E-state index in [0.29, 0.717) is 0 Å². The smallest absolute Gasteiger partial charge is 0.0213 e. The van der Waals surface area contributed by atoms with Gasteiger partial charge in [-0.05, 0) is 24.0 Å². The van der Waals surface area contributed by atoms with Crippen LogP contribution in [-0.4, -0.2) is 10.7 Å². The predicted octanol–water partition coefficient (Wildman–Crippen LogP) is 6.06. The Balaban J connectivity index is 2.27. The Morgan fingerprint density at radius 1 is 1.06 bits per heavy atom. The molecule has 1 fully saturated rings. The Morgan fingerprint density at radius 2 is 1.67 bits per heavy atom. The van der Waals surface area contributed by atoms with Crippen LogP contribution in [0.4, 0.5) is 0 Å². The first-order valence-electron chi connectivity index (χ1n) is 6.59. The fourth-order valence-corrected chi connectivity index (χ4v) is 5.75. The maximum Gasteiger partial charge on any atom is 0.0213 e. The third kappa shape index (κ3) is 3.21. The number of halogens is 3. The zero-order valence-corrected chi connectivity index (χ0v) is 15.2. The van der Waals surface area contributed by atoms with Crippen molar-refractivity contribution in [3.8, 4) is 0 Å². The highest BCUT2D eigenvalue weighted by Crippen LogP contribution is 2.42. The summed E-state index contributed by atoms with van der Waals surface area (Å²) in [5, 5.41) is 2.04. The van der Waals surface area contributed by atoms with Gasteiger partial charge < -0.3 is 0 Å². The van der Waals surface area contributed by atoms with Crippen LogP contribution < -0.4 is 0 Å². The first kappa shape index (κ1) is 15.1. The van der Waals surface area contributed by atoms with E-state index in [1.807, 2.05) is 0 Å². The molecule has 0 bridgehead atoms. The average Bonchev–Trinajstić information content (AvgIpc) is 2.90. The van der Waals surface area contributed by atoms with Crippen molar-refractivity contribution in [1.82, 2.24) is 0 Å². The van der Waals surface area contributed by atoms with Gasteiger partial charge in [-0.2, -0.15) is 0 Å². The van der Waals surface area contributed by atoms with Crippen molar-refractivity contribution < 1.29 is 0 Å². The summed E-state index contributed by atoms with van der Waals surface area (Å²) in [6.45, 7) is 0. The Hall–Kier alpha value is 0.660. The third-order valence-electron chi connectivity index (χ3n) is 4.11. The van der Waals surface area contributed by atoms with Gasteiger partial charge in [0.25, 0.3) is 0 Å². The lowest BCUT2D eigenvalue weighted by Gasteiger charge is -2.34. The summed E-state index contributed by atoms with van der Waals surface area (Å²) in [6.07, 6.45) is 6.94. The van der Waals surface area contributed by atoms with Gasteiger partial charge in [-0.15, -0.1) is 0 Å². The lowest BCUT2D eigenvalue weighted by atomic mass is 9.76. The van der Waals surface area contributed by atoms with Crippen molar-refractivity contribution in [2.45, 2.75) is 37.5 Å². The zero-order chi connectivity index (χ0) is 13.0. The molecule has 1 aromatic rings. The van der Waals surface area contributed by atoms with Crippen LogP contribution in [-0.2, 0) is 5.41 Å². The summed E-state index contributed by atoms with van der Waals surface area (Å²) in [5.74, 6) is 0.896. The monoisotopic (exact) mass is 436 g/mol. The standard InChI is InChI=1S/C15H19Br3/c16-10-15(11-17,9-12-5-1-2-6-12)13-7-3-4-8-14(13)18/h3-4,7-8,12H,1-2,5-6,9-11H2. The first-order valence-corrected chi connectivity index (χ1v) is 9.62. The van der Waals surface area contributed by atoms with E-state index in [4.69, 9.17) is 0 Å². The van der Waals surface area contributed by atoms with E-state index in [9.17, 15) is 0 Å². The minimum Gasteiger partial charge on any atom is -0.0918 e. The molecule has 0 N–H and O–H groups in total. The molecular weight excluding hydrogens is 420 g/mol. The molecule has 2 rings (SSSR count). The lowest BCUT2D eigenvalue weighted by Crippen LogP contribution is -2.33. The molecule has 100 valence electrons. The summed E-state index contributed by atoms with van der Waals surface area (Å²) in [4.78, 5) is 0. The van der Waals surface area contributed by atoms with Crippen molar-refractivity contribution in [2.75, 3.05) is 10.7 Å². The molecule has 0 aliphatic heterocycles. The number of hydrogen-bond acceptors (Lipinski definition) is 0. The lowest BCUT2D eigenvalue weighted by molar-refractivity contribution is 0.378. The molecule has 1 aromatic carbocycles. The minimum absolute atomic E-state index is 0.217. The average molecular weight is 439 g/mol. The molecule has 0 saturated heterocycles. The van der Waals surface area contributed by atoms with Crippen molar-refractivity contribution in [3.05, 3.63) is 34.3 Å². The normalized spacial score (nSPS) is 17.3. The Bertz CT molecular complexity index is 379. The summed E-state index contributed by atoms with van der Waals surface area (Å²) in [7, 11) is 0. The van der Waals surface area contributed by atoms with Gasteiger partial charge in [0, 0.05) is 20.5 Å². The second-order valence-electron chi connectivity index (χ2n) is 5.38. The Morgan fingerprint density at radius 3 is 2.22 bits per heavy atom. The summed E-state index contributed by atoms with van der Waals surface area (Å²) in [6, 6.07) is 8.66. The van der Waals surface area contributed by atoms with Crippen LogP contribution in [0.5, 0.6) is 0 Å². The van der Waals surface area contributed by atoms with E-state index in [1.54, 1.807) is 0 Å². The highest BCUT2D eigenvalue weighted by molar-refractivity contribution is 9.10. The second kappa shape index (κ2) is 6.90. The minimum atomic E-state index is 0.217. The first-order chi connectivity index (χ1) is 8.72. The highest BCUT2D eigenvalue weighted by Gasteiger charge is 2.35. The van der Waals surface area contributed by atoms with E-state index in [0.717, 1.165) is 16.6 Å². The zero-order valence-electron chi connectivity index (χ0n) is 10.5. The molecule has 3 heteroatoms. The van der Waals surface area contributed by atoms with Crippen LogP contribution in [0.1, 0.15) is 37.7 Å². The molecule has 0 nitrogen and oxygen atoms in total. The summed E-state index contributed by atoms with van der Waals surface area (Å²) < 4.78 is 1.24. The van der Waals surface area contributed by atoms with Gasteiger partial charge >= 0.3 is 0 Å². The molecule has 0 amide bonds. The SMILES string of the molecule is BrCC(CBr)(CC1CCCC1)c1ccccc1Br. The third-order valence-corrected chi connectivity index (χ3v) is 6.95. The van der Waals surface area contributed by atoms with E-state index < -0.39 is 0 Å². The fraction of sp³-hybridized carbons (Fsp3) is 0.600. The number of alkyl halides is 2. The second-order valence-corrected chi connectivity index (χ2v) is 7.36. The molecule has 0 radical (unpaired) electrons. The maximum absolute atomic E-state index is 3.76. The molecule has 0 unspecified atom stereocenters. The van der Waals surface area contributed by atoms with Crippen molar-refractivity contribution in [2.24, 2.45) is 5.92 Å². The van der Waals surface area contributed by atoms with Crippen LogP contribution in [0.2, 0.25) is 0 Å². The van der Waals surface area contributed by atoms with Crippen molar-refractivity contribution in [1.29, 1.82) is 0 Å². The van der Waals surface area contributed by atoms with Gasteiger partial charge in [-0.3, -0.25) is 0 Å². The summed E-state index contributed by atoms with van der Waals surface area (Å²) in [5.41, 5.74) is 1.65. The van der Waals surface area contributed by atoms with Crippen molar-refractivity contribution in [3.63, 3.8) is 0 Å². The van der Waals surface area contributed by atoms with E-state index >= 15 is 0 Å². The summed E-state index contributed by atoms with van der Waals surface area (Å²) >= 11 is 11.2. The van der Waals surface area contributed by atoms with Gasteiger partial charge in [-0.25, -0.2) is 0 Å². The van der Waals surface area contributed by atoms with Gasteiger partial charge in [0.2, 0.25) is 0 Å². The largest absolute Gasteiger partial charge is 0.0918 e. The highest BCUT2D eigenvalue weighted by atomic mass is 79.9. The number of benzene rings is 1. The van der Waals surface area contributed by atoms with Crippen LogP contribution in [0.3, 0.4) is 0 Å². The molecule has 0 aromatic heterocycles. The molecule has 1 aliphatic rings. The molecular formula is C15H19Br3. The molecule has 1 saturated carbocycles. The molecule has 0 atom stereocenters. The molecule has 1 aliphatic carbocycles. The van der Waals surface area contributed by atoms with E-state index in [-0.39, 0.29) is 5.41 Å². The molecule has 0 spiro atoms. The number of hydrogen-bond donors (Lipinski definition) is 0. The van der Waals surface area contributed by atoms with Crippen LogP contribution in [0, 0.1) is 5.92 Å². The Kier molecular flexibility index (Phi) is 5.77. The topological polar surface area (TPSA) is 0 Å².